The van der Waals surface area contributed by atoms with Crippen LogP contribution in [0.2, 0.25) is 0 Å². The second kappa shape index (κ2) is 7.53. The summed E-state index contributed by atoms with van der Waals surface area (Å²) in [6, 6.07) is 14.3. The van der Waals surface area contributed by atoms with Crippen LogP contribution in [-0.4, -0.2) is 20.1 Å². The van der Waals surface area contributed by atoms with Crippen molar-refractivity contribution < 1.29 is 13.2 Å². The first-order chi connectivity index (χ1) is 12.4. The summed E-state index contributed by atoms with van der Waals surface area (Å²) >= 11 is 3.49. The number of hydrogen-bond donors (Lipinski definition) is 1. The lowest BCUT2D eigenvalue weighted by Crippen LogP contribution is -2.38. The van der Waals surface area contributed by atoms with Gasteiger partial charge in [-0.3, -0.25) is 4.79 Å². The van der Waals surface area contributed by atoms with Gasteiger partial charge in [0.1, 0.15) is 0 Å². The maximum absolute atomic E-state index is 13.1. The van der Waals surface area contributed by atoms with E-state index in [1.807, 2.05) is 24.3 Å². The molecule has 1 N–H and O–H groups in total. The van der Waals surface area contributed by atoms with E-state index in [2.05, 4.69) is 21.2 Å². The molecular weight excluding hydrogens is 414 g/mol. The van der Waals surface area contributed by atoms with Crippen molar-refractivity contribution in [2.45, 2.75) is 42.9 Å². The van der Waals surface area contributed by atoms with Gasteiger partial charge < -0.3 is 5.32 Å². The van der Waals surface area contributed by atoms with Gasteiger partial charge in [-0.1, -0.05) is 47.8 Å². The third-order valence-corrected chi connectivity index (χ3v) is 7.36. The van der Waals surface area contributed by atoms with E-state index in [4.69, 9.17) is 0 Å². The molecular formula is C20H22BrNO3S. The zero-order chi connectivity index (χ0) is 18.8. The smallest absolute Gasteiger partial charge is 0.235 e. The summed E-state index contributed by atoms with van der Waals surface area (Å²) in [5.74, 6) is 0.0317. The van der Waals surface area contributed by atoms with Gasteiger partial charge in [-0.25, -0.2) is 8.42 Å². The van der Waals surface area contributed by atoms with Gasteiger partial charge >= 0.3 is 0 Å². The summed E-state index contributed by atoms with van der Waals surface area (Å²) in [6.07, 6.45) is 3.68. The number of sulfone groups is 1. The minimum Gasteiger partial charge on any atom is -0.325 e. The Labute approximate surface area is 163 Å². The Hall–Kier alpha value is -1.66. The fourth-order valence-corrected chi connectivity index (χ4v) is 4.86. The highest BCUT2D eigenvalue weighted by Crippen LogP contribution is 2.42. The topological polar surface area (TPSA) is 63.2 Å². The highest BCUT2D eigenvalue weighted by atomic mass is 79.9. The van der Waals surface area contributed by atoms with E-state index in [0.717, 1.165) is 35.7 Å². The predicted octanol–water partition coefficient (Wildman–Crippen LogP) is 4.69. The summed E-state index contributed by atoms with van der Waals surface area (Å²) < 4.78 is 24.8. The average Bonchev–Trinajstić information content (AvgIpc) is 3.13. The summed E-state index contributed by atoms with van der Waals surface area (Å²) in [5, 5.41) is 2.99. The molecule has 0 aliphatic heterocycles. The third-order valence-electron chi connectivity index (χ3n) is 5.12. The number of benzene rings is 2. The van der Waals surface area contributed by atoms with Crippen molar-refractivity contribution in [2.75, 3.05) is 11.1 Å². The lowest BCUT2D eigenvalue weighted by molar-refractivity contribution is -0.121. The Bertz CT molecular complexity index is 901. The van der Waals surface area contributed by atoms with Gasteiger partial charge in [0, 0.05) is 10.2 Å². The molecule has 1 saturated carbocycles. The van der Waals surface area contributed by atoms with Crippen molar-refractivity contribution in [2.24, 2.45) is 0 Å². The molecule has 6 heteroatoms. The van der Waals surface area contributed by atoms with Crippen LogP contribution in [-0.2, 0) is 20.0 Å². The first-order valence-corrected chi connectivity index (χ1v) is 11.2. The summed E-state index contributed by atoms with van der Waals surface area (Å²) in [5.41, 5.74) is 1.11. The fourth-order valence-electron chi connectivity index (χ4n) is 3.57. The third kappa shape index (κ3) is 3.71. The largest absolute Gasteiger partial charge is 0.325 e. The monoisotopic (exact) mass is 435 g/mol. The Kier molecular flexibility index (Phi) is 5.53. The van der Waals surface area contributed by atoms with E-state index in [0.29, 0.717) is 5.69 Å². The minimum atomic E-state index is -3.24. The van der Waals surface area contributed by atoms with Gasteiger partial charge in [0.25, 0.3) is 0 Å². The van der Waals surface area contributed by atoms with Crippen LogP contribution in [0.4, 0.5) is 5.69 Å². The van der Waals surface area contributed by atoms with E-state index in [1.54, 1.807) is 31.2 Å². The summed E-state index contributed by atoms with van der Waals surface area (Å²) in [4.78, 5) is 13.4. The van der Waals surface area contributed by atoms with E-state index < -0.39 is 15.3 Å². The molecule has 0 heterocycles. The first-order valence-electron chi connectivity index (χ1n) is 8.78. The van der Waals surface area contributed by atoms with Gasteiger partial charge in [-0.05, 0) is 54.8 Å². The number of carbonyl (C=O) groups excluding carboxylic acids is 1. The van der Waals surface area contributed by atoms with E-state index in [9.17, 15) is 13.2 Å². The lowest BCUT2D eigenvalue weighted by atomic mass is 9.78. The van der Waals surface area contributed by atoms with Crippen LogP contribution >= 0.6 is 15.9 Å². The summed E-state index contributed by atoms with van der Waals surface area (Å²) in [7, 11) is -3.24. The van der Waals surface area contributed by atoms with Crippen LogP contribution in [0.3, 0.4) is 0 Å². The zero-order valence-corrected chi connectivity index (χ0v) is 17.1. The molecule has 1 fully saturated rings. The molecule has 0 aromatic heterocycles. The standard InChI is InChI=1S/C20H22BrNO3S/c1-2-26(24,25)18-10-8-17(9-11-18)22-19(23)20(12-3-4-13-20)15-6-5-7-16(21)14-15/h5-11,14H,2-4,12-13H2,1H3,(H,22,23). The average molecular weight is 436 g/mol. The molecule has 0 saturated heterocycles. The Balaban J connectivity index is 1.86. The van der Waals surface area contributed by atoms with Crippen molar-refractivity contribution in [3.8, 4) is 0 Å². The molecule has 2 aromatic carbocycles. The molecule has 2 aromatic rings. The number of nitrogens with one attached hydrogen (secondary N) is 1. The van der Waals surface area contributed by atoms with Crippen molar-refractivity contribution in [3.63, 3.8) is 0 Å². The van der Waals surface area contributed by atoms with Crippen LogP contribution < -0.4 is 5.32 Å². The molecule has 0 bridgehead atoms. The fraction of sp³-hybridized carbons (Fsp3) is 0.350. The Morgan fingerprint density at radius 3 is 2.35 bits per heavy atom. The molecule has 26 heavy (non-hydrogen) atoms. The van der Waals surface area contributed by atoms with Gasteiger partial charge in [0.15, 0.2) is 9.84 Å². The van der Waals surface area contributed by atoms with Crippen LogP contribution in [0.1, 0.15) is 38.2 Å². The molecule has 0 atom stereocenters. The van der Waals surface area contributed by atoms with Gasteiger partial charge in [0.2, 0.25) is 5.91 Å². The maximum Gasteiger partial charge on any atom is 0.235 e. The molecule has 4 nitrogen and oxygen atoms in total. The SMILES string of the molecule is CCS(=O)(=O)c1ccc(NC(=O)C2(c3cccc(Br)c3)CCCC2)cc1. The Morgan fingerprint density at radius 1 is 1.12 bits per heavy atom. The minimum absolute atomic E-state index is 0.0285. The highest BCUT2D eigenvalue weighted by molar-refractivity contribution is 9.10. The number of halogens is 1. The predicted molar refractivity (Wildman–Crippen MR) is 107 cm³/mol. The number of carbonyl (C=O) groups is 1. The van der Waals surface area contributed by atoms with E-state index >= 15 is 0 Å². The lowest BCUT2D eigenvalue weighted by Gasteiger charge is -2.28. The first kappa shape index (κ1) is 19.1. The molecule has 1 aliphatic rings. The second-order valence-electron chi connectivity index (χ2n) is 6.68. The van der Waals surface area contributed by atoms with Crippen molar-refractivity contribution in [3.05, 3.63) is 58.6 Å². The van der Waals surface area contributed by atoms with Crippen molar-refractivity contribution in [1.82, 2.24) is 0 Å². The van der Waals surface area contributed by atoms with E-state index in [1.165, 1.54) is 0 Å². The maximum atomic E-state index is 13.1. The number of rotatable bonds is 5. The number of anilines is 1. The second-order valence-corrected chi connectivity index (χ2v) is 9.88. The van der Waals surface area contributed by atoms with Gasteiger partial charge in [-0.15, -0.1) is 0 Å². The number of amides is 1. The van der Waals surface area contributed by atoms with Crippen LogP contribution in [0, 0.1) is 0 Å². The Morgan fingerprint density at radius 2 is 1.77 bits per heavy atom. The molecule has 3 rings (SSSR count). The van der Waals surface area contributed by atoms with Gasteiger partial charge in [0.05, 0.1) is 16.1 Å². The van der Waals surface area contributed by atoms with E-state index in [-0.39, 0.29) is 16.6 Å². The van der Waals surface area contributed by atoms with Gasteiger partial charge in [-0.2, -0.15) is 0 Å². The zero-order valence-electron chi connectivity index (χ0n) is 14.7. The summed E-state index contributed by atoms with van der Waals surface area (Å²) in [6.45, 7) is 1.62. The van der Waals surface area contributed by atoms with Crippen LogP contribution in [0.25, 0.3) is 0 Å². The molecule has 1 amide bonds. The molecule has 138 valence electrons. The number of hydrogen-bond acceptors (Lipinski definition) is 3. The molecule has 0 unspecified atom stereocenters. The normalized spacial score (nSPS) is 16.4. The van der Waals surface area contributed by atoms with Crippen LogP contribution in [0.15, 0.2) is 57.9 Å². The van der Waals surface area contributed by atoms with Crippen molar-refractivity contribution >= 4 is 37.4 Å². The molecule has 0 radical (unpaired) electrons. The van der Waals surface area contributed by atoms with Crippen molar-refractivity contribution in [1.29, 1.82) is 0 Å². The molecule has 1 aliphatic carbocycles. The molecule has 0 spiro atoms. The quantitative estimate of drug-likeness (QED) is 0.740. The van der Waals surface area contributed by atoms with Crippen LogP contribution in [0.5, 0.6) is 0 Å². The highest BCUT2D eigenvalue weighted by Gasteiger charge is 2.42.